The maximum atomic E-state index is 11.8. The summed E-state index contributed by atoms with van der Waals surface area (Å²) >= 11 is 1.59. The molecule has 2 heterocycles. The highest BCUT2D eigenvalue weighted by Gasteiger charge is 2.13. The van der Waals surface area contributed by atoms with Gasteiger partial charge >= 0.3 is 0 Å². The van der Waals surface area contributed by atoms with Crippen LogP contribution in [-0.4, -0.2) is 40.4 Å². The van der Waals surface area contributed by atoms with Gasteiger partial charge in [-0.1, -0.05) is 0 Å². The van der Waals surface area contributed by atoms with E-state index >= 15 is 0 Å². The number of guanidine groups is 1. The van der Waals surface area contributed by atoms with Crippen LogP contribution in [0.25, 0.3) is 4.96 Å². The van der Waals surface area contributed by atoms with Gasteiger partial charge in [-0.2, -0.15) is 0 Å². The van der Waals surface area contributed by atoms with Gasteiger partial charge in [-0.25, -0.2) is 4.98 Å². The summed E-state index contributed by atoms with van der Waals surface area (Å²) in [5.74, 6) is 0.498. The van der Waals surface area contributed by atoms with Gasteiger partial charge in [0.2, 0.25) is 5.91 Å². The number of hydrogen-bond donors (Lipinski definition) is 3. The lowest BCUT2D eigenvalue weighted by Crippen LogP contribution is -2.48. The molecule has 8 heteroatoms. The predicted molar refractivity (Wildman–Crippen MR) is 89.2 cm³/mol. The molecule has 22 heavy (non-hydrogen) atoms. The largest absolute Gasteiger partial charge is 0.351 e. The Morgan fingerprint density at radius 3 is 2.82 bits per heavy atom. The first kappa shape index (κ1) is 16.3. The summed E-state index contributed by atoms with van der Waals surface area (Å²) in [6, 6.07) is 0. The molecule has 7 nitrogen and oxygen atoms in total. The smallest absolute Gasteiger partial charge is 0.239 e. The van der Waals surface area contributed by atoms with Crippen LogP contribution >= 0.6 is 11.3 Å². The van der Waals surface area contributed by atoms with Crippen molar-refractivity contribution >= 4 is 28.2 Å². The number of hydrogen-bond acceptors (Lipinski definition) is 4. The lowest BCUT2D eigenvalue weighted by atomic mass is 10.1. The van der Waals surface area contributed by atoms with Crippen LogP contribution in [0.2, 0.25) is 0 Å². The third-order valence-electron chi connectivity index (χ3n) is 2.73. The maximum absolute atomic E-state index is 11.8. The van der Waals surface area contributed by atoms with Crippen molar-refractivity contribution in [3.05, 3.63) is 23.5 Å². The number of aromatic nitrogens is 2. The molecule has 0 spiro atoms. The summed E-state index contributed by atoms with van der Waals surface area (Å²) in [5.41, 5.74) is 0.687. The molecule has 0 aromatic carbocycles. The molecule has 0 atom stereocenters. The lowest BCUT2D eigenvalue weighted by Gasteiger charge is -2.21. The minimum Gasteiger partial charge on any atom is -0.351 e. The molecule has 0 radical (unpaired) electrons. The molecule has 0 aliphatic carbocycles. The molecule has 1 amide bonds. The third kappa shape index (κ3) is 4.73. The van der Waals surface area contributed by atoms with Crippen LogP contribution < -0.4 is 16.0 Å². The van der Waals surface area contributed by atoms with Crippen LogP contribution in [-0.2, 0) is 11.3 Å². The van der Waals surface area contributed by atoms with E-state index < -0.39 is 0 Å². The topological polar surface area (TPSA) is 82.8 Å². The van der Waals surface area contributed by atoms with Gasteiger partial charge in [0.1, 0.15) is 0 Å². The lowest BCUT2D eigenvalue weighted by molar-refractivity contribution is -0.121. The summed E-state index contributed by atoms with van der Waals surface area (Å²) in [4.78, 5) is 21.3. The maximum Gasteiger partial charge on any atom is 0.239 e. The van der Waals surface area contributed by atoms with Gasteiger partial charge in [-0.05, 0) is 20.8 Å². The molecule has 0 aliphatic heterocycles. The van der Waals surface area contributed by atoms with Gasteiger partial charge in [-0.15, -0.1) is 11.3 Å². The quantitative estimate of drug-likeness (QED) is 0.579. The molecule has 0 saturated heterocycles. The number of nitrogens with one attached hydrogen (secondary N) is 3. The summed E-state index contributed by atoms with van der Waals surface area (Å²) < 4.78 is 1.98. The summed E-state index contributed by atoms with van der Waals surface area (Å²) in [7, 11) is 1.67. The zero-order chi connectivity index (χ0) is 16.2. The van der Waals surface area contributed by atoms with E-state index in [0.717, 1.165) is 10.7 Å². The Bertz CT molecular complexity index is 638. The highest BCUT2D eigenvalue weighted by Crippen LogP contribution is 2.10. The second-order valence-electron chi connectivity index (χ2n) is 5.90. The number of carbonyl (C=O) groups excluding carboxylic acids is 1. The van der Waals surface area contributed by atoms with Crippen molar-refractivity contribution in [2.24, 2.45) is 4.99 Å². The number of nitrogens with zero attached hydrogens (tertiary/aromatic N) is 3. The van der Waals surface area contributed by atoms with Crippen molar-refractivity contribution in [1.29, 1.82) is 0 Å². The first-order valence-corrected chi connectivity index (χ1v) is 7.92. The Morgan fingerprint density at radius 2 is 2.18 bits per heavy atom. The van der Waals surface area contributed by atoms with Gasteiger partial charge in [0.15, 0.2) is 10.9 Å². The standard InChI is InChI=1S/C14H22N6OS/c1-14(2,3)19-11(21)8-17-12(15-4)16-7-10-9-20-5-6-22-13(20)18-10/h5-6,9H,7-8H2,1-4H3,(H,19,21)(H2,15,16,17). The van der Waals surface area contributed by atoms with E-state index in [-0.39, 0.29) is 18.0 Å². The summed E-state index contributed by atoms with van der Waals surface area (Å²) in [6.45, 7) is 6.57. The van der Waals surface area contributed by atoms with Crippen LogP contribution in [0.4, 0.5) is 0 Å². The molecule has 0 aliphatic rings. The Labute approximate surface area is 133 Å². The SMILES string of the molecule is CN=C(NCC(=O)NC(C)(C)C)NCc1cn2ccsc2n1. The molecule has 2 aromatic rings. The van der Waals surface area contributed by atoms with Gasteiger partial charge in [0.05, 0.1) is 18.8 Å². The van der Waals surface area contributed by atoms with Crippen molar-refractivity contribution in [2.45, 2.75) is 32.9 Å². The first-order chi connectivity index (χ1) is 10.4. The molecule has 0 bridgehead atoms. The molecule has 2 aromatic heterocycles. The van der Waals surface area contributed by atoms with Crippen molar-refractivity contribution in [3.63, 3.8) is 0 Å². The molecule has 0 fully saturated rings. The van der Waals surface area contributed by atoms with E-state index in [9.17, 15) is 4.79 Å². The van der Waals surface area contributed by atoms with E-state index in [0.29, 0.717) is 12.5 Å². The second-order valence-corrected chi connectivity index (χ2v) is 6.78. The molecule has 120 valence electrons. The number of carbonyl (C=O) groups is 1. The van der Waals surface area contributed by atoms with Crippen LogP contribution in [0.3, 0.4) is 0 Å². The van der Waals surface area contributed by atoms with Crippen molar-refractivity contribution in [2.75, 3.05) is 13.6 Å². The van der Waals surface area contributed by atoms with Crippen molar-refractivity contribution in [3.8, 4) is 0 Å². The monoisotopic (exact) mass is 322 g/mol. The average Bonchev–Trinajstić information content (AvgIpc) is 2.97. The van der Waals surface area contributed by atoms with Crippen LogP contribution in [0, 0.1) is 0 Å². The minimum absolute atomic E-state index is 0.0713. The van der Waals surface area contributed by atoms with Gasteiger partial charge in [-0.3, -0.25) is 14.2 Å². The van der Waals surface area contributed by atoms with Crippen LogP contribution in [0.5, 0.6) is 0 Å². The van der Waals surface area contributed by atoms with E-state index in [1.54, 1.807) is 18.4 Å². The Balaban J connectivity index is 1.80. The Hall–Kier alpha value is -2.09. The van der Waals surface area contributed by atoms with Crippen molar-refractivity contribution in [1.82, 2.24) is 25.3 Å². The molecule has 0 saturated carbocycles. The van der Waals surface area contributed by atoms with Crippen molar-refractivity contribution < 1.29 is 4.79 Å². The zero-order valence-electron chi connectivity index (χ0n) is 13.3. The fraction of sp³-hybridized carbons (Fsp3) is 0.500. The Morgan fingerprint density at radius 1 is 1.41 bits per heavy atom. The fourth-order valence-electron chi connectivity index (χ4n) is 1.88. The van der Waals surface area contributed by atoms with Gasteiger partial charge in [0, 0.05) is 30.4 Å². The number of thiazole rings is 1. The highest BCUT2D eigenvalue weighted by molar-refractivity contribution is 7.15. The normalized spacial score (nSPS) is 12.5. The number of rotatable bonds is 4. The number of fused-ring (bicyclic) bond motifs is 1. The molecule has 0 unspecified atom stereocenters. The summed E-state index contributed by atoms with van der Waals surface area (Å²) in [6.07, 6.45) is 3.94. The summed E-state index contributed by atoms with van der Waals surface area (Å²) in [5, 5.41) is 11.0. The number of aliphatic imine (C=N–C) groups is 1. The molecule has 2 rings (SSSR count). The van der Waals surface area contributed by atoms with Crippen LogP contribution in [0.1, 0.15) is 26.5 Å². The van der Waals surface area contributed by atoms with Crippen LogP contribution in [0.15, 0.2) is 22.8 Å². The zero-order valence-corrected chi connectivity index (χ0v) is 14.1. The van der Waals surface area contributed by atoms with E-state index in [1.165, 1.54) is 0 Å². The first-order valence-electron chi connectivity index (χ1n) is 7.04. The number of imidazole rings is 1. The van der Waals surface area contributed by atoms with E-state index in [4.69, 9.17) is 0 Å². The Kier molecular flexibility index (Phi) is 5.02. The fourth-order valence-corrected chi connectivity index (χ4v) is 2.60. The predicted octanol–water partition coefficient (Wildman–Crippen LogP) is 0.976. The highest BCUT2D eigenvalue weighted by atomic mass is 32.1. The van der Waals surface area contributed by atoms with Gasteiger partial charge in [0.25, 0.3) is 0 Å². The molecular weight excluding hydrogens is 300 g/mol. The average molecular weight is 322 g/mol. The second kappa shape index (κ2) is 6.78. The molecular formula is C14H22N6OS. The minimum atomic E-state index is -0.238. The number of amides is 1. The third-order valence-corrected chi connectivity index (χ3v) is 3.51. The van der Waals surface area contributed by atoms with Gasteiger partial charge < -0.3 is 16.0 Å². The van der Waals surface area contributed by atoms with E-state index in [1.807, 2.05) is 42.9 Å². The molecule has 3 N–H and O–H groups in total. The van der Waals surface area contributed by atoms with E-state index in [2.05, 4.69) is 25.9 Å².